The highest BCUT2D eigenvalue weighted by molar-refractivity contribution is 7.14. The molecule has 0 saturated carbocycles. The lowest BCUT2D eigenvalue weighted by Crippen LogP contribution is -2.35. The molecule has 0 fully saturated rings. The maximum atomic E-state index is 12.8. The minimum Gasteiger partial charge on any atom is -0.345 e. The zero-order chi connectivity index (χ0) is 20.4. The summed E-state index contributed by atoms with van der Waals surface area (Å²) in [5, 5.41) is 3.08. The van der Waals surface area contributed by atoms with Gasteiger partial charge in [-0.05, 0) is 49.6 Å². The second kappa shape index (κ2) is 8.21. The van der Waals surface area contributed by atoms with Gasteiger partial charge in [0.15, 0.2) is 0 Å². The molecule has 2 aromatic carbocycles. The van der Waals surface area contributed by atoms with Crippen LogP contribution in [0.4, 0.5) is 0 Å². The molecule has 0 saturated heterocycles. The number of amides is 2. The Bertz CT molecular complexity index is 1020. The molecule has 29 heavy (non-hydrogen) atoms. The molecule has 1 aliphatic heterocycles. The molecule has 0 bridgehead atoms. The fourth-order valence-electron chi connectivity index (χ4n) is 3.59. The molecule has 2 heterocycles. The van der Waals surface area contributed by atoms with Gasteiger partial charge in [-0.25, -0.2) is 0 Å². The van der Waals surface area contributed by atoms with Gasteiger partial charge in [0, 0.05) is 23.5 Å². The minimum absolute atomic E-state index is 0.0468. The molecule has 2 amide bonds. The van der Waals surface area contributed by atoms with Crippen molar-refractivity contribution in [2.24, 2.45) is 0 Å². The third-order valence-corrected chi connectivity index (χ3v) is 6.56. The molecular weight excluding hydrogens is 380 g/mol. The van der Waals surface area contributed by atoms with E-state index in [2.05, 4.69) is 5.32 Å². The lowest BCUT2D eigenvalue weighted by molar-refractivity contribution is 0.0736. The van der Waals surface area contributed by atoms with Crippen molar-refractivity contribution in [3.05, 3.63) is 92.7 Å². The first-order chi connectivity index (χ1) is 14.0. The number of fused-ring (bicyclic) bond motifs is 1. The Morgan fingerprint density at radius 2 is 1.79 bits per heavy atom. The summed E-state index contributed by atoms with van der Waals surface area (Å²) in [5.74, 6) is -0.0114. The molecule has 1 aromatic heterocycles. The predicted octanol–water partition coefficient (Wildman–Crippen LogP) is 4.75. The highest BCUT2D eigenvalue weighted by atomic mass is 32.1. The van der Waals surface area contributed by atoms with Gasteiger partial charge < -0.3 is 10.2 Å². The van der Waals surface area contributed by atoms with Crippen LogP contribution in [0.25, 0.3) is 0 Å². The van der Waals surface area contributed by atoms with E-state index in [4.69, 9.17) is 0 Å². The monoisotopic (exact) mass is 404 g/mol. The van der Waals surface area contributed by atoms with Crippen LogP contribution in [0.3, 0.4) is 0 Å². The molecule has 5 heteroatoms. The van der Waals surface area contributed by atoms with Crippen LogP contribution in [-0.2, 0) is 13.0 Å². The van der Waals surface area contributed by atoms with E-state index in [-0.39, 0.29) is 17.9 Å². The summed E-state index contributed by atoms with van der Waals surface area (Å²) in [6, 6.07) is 19.5. The Hall–Kier alpha value is -2.92. The second-order valence-corrected chi connectivity index (χ2v) is 8.64. The number of benzene rings is 2. The van der Waals surface area contributed by atoms with Crippen LogP contribution in [0.1, 0.15) is 54.6 Å². The number of hydrogen-bond donors (Lipinski definition) is 1. The third kappa shape index (κ3) is 4.25. The molecular formula is C24H24N2O2S. The second-order valence-electron chi connectivity index (χ2n) is 7.51. The van der Waals surface area contributed by atoms with Gasteiger partial charge in [0.05, 0.1) is 10.9 Å². The van der Waals surface area contributed by atoms with E-state index in [1.54, 1.807) is 11.3 Å². The van der Waals surface area contributed by atoms with Gasteiger partial charge in [0.1, 0.15) is 0 Å². The minimum atomic E-state index is -0.0582. The van der Waals surface area contributed by atoms with Crippen molar-refractivity contribution in [1.29, 1.82) is 0 Å². The fraction of sp³-hybridized carbons (Fsp3) is 0.250. The maximum Gasteiger partial charge on any atom is 0.261 e. The number of nitrogens with one attached hydrogen (secondary N) is 1. The fourth-order valence-corrected chi connectivity index (χ4v) is 4.66. The molecule has 0 aliphatic carbocycles. The van der Waals surface area contributed by atoms with Gasteiger partial charge in [-0.15, -0.1) is 11.3 Å². The molecule has 4 rings (SSSR count). The molecule has 0 radical (unpaired) electrons. The molecule has 1 aliphatic rings. The highest BCUT2D eigenvalue weighted by Crippen LogP contribution is 2.29. The largest absolute Gasteiger partial charge is 0.345 e. The summed E-state index contributed by atoms with van der Waals surface area (Å²) >= 11 is 1.54. The van der Waals surface area contributed by atoms with E-state index in [0.29, 0.717) is 23.5 Å². The van der Waals surface area contributed by atoms with E-state index in [1.165, 1.54) is 4.88 Å². The van der Waals surface area contributed by atoms with Gasteiger partial charge >= 0.3 is 0 Å². The smallest absolute Gasteiger partial charge is 0.261 e. The zero-order valence-corrected chi connectivity index (χ0v) is 17.5. The SMILES string of the molecule is Cc1ccc(C(=O)N2CCc3sc(C(=O)NC(C)c4ccccc4)cc3C2)cc1. The summed E-state index contributed by atoms with van der Waals surface area (Å²) < 4.78 is 0. The van der Waals surface area contributed by atoms with Crippen molar-refractivity contribution in [1.82, 2.24) is 10.2 Å². The van der Waals surface area contributed by atoms with Gasteiger partial charge in [0.2, 0.25) is 0 Å². The number of nitrogens with zero attached hydrogens (tertiary/aromatic N) is 1. The van der Waals surface area contributed by atoms with Crippen LogP contribution < -0.4 is 5.32 Å². The number of aryl methyl sites for hydroxylation is 1. The van der Waals surface area contributed by atoms with Crippen LogP contribution in [0.2, 0.25) is 0 Å². The van der Waals surface area contributed by atoms with E-state index >= 15 is 0 Å². The van der Waals surface area contributed by atoms with E-state index < -0.39 is 0 Å². The summed E-state index contributed by atoms with van der Waals surface area (Å²) in [4.78, 5) is 29.3. The van der Waals surface area contributed by atoms with Crippen LogP contribution in [0, 0.1) is 6.92 Å². The summed E-state index contributed by atoms with van der Waals surface area (Å²) in [7, 11) is 0. The Morgan fingerprint density at radius 1 is 1.07 bits per heavy atom. The van der Waals surface area contributed by atoms with Crippen molar-refractivity contribution in [2.45, 2.75) is 32.9 Å². The molecule has 148 valence electrons. The maximum absolute atomic E-state index is 12.8. The molecule has 1 N–H and O–H groups in total. The van der Waals surface area contributed by atoms with Crippen molar-refractivity contribution in [3.8, 4) is 0 Å². The van der Waals surface area contributed by atoms with Crippen LogP contribution in [0.15, 0.2) is 60.7 Å². The quantitative estimate of drug-likeness (QED) is 0.682. The number of hydrogen-bond acceptors (Lipinski definition) is 3. The number of thiophene rings is 1. The van der Waals surface area contributed by atoms with Crippen molar-refractivity contribution in [3.63, 3.8) is 0 Å². The summed E-state index contributed by atoms with van der Waals surface area (Å²) in [5.41, 5.74) is 4.01. The highest BCUT2D eigenvalue weighted by Gasteiger charge is 2.25. The molecule has 1 atom stereocenters. The summed E-state index contributed by atoms with van der Waals surface area (Å²) in [6.07, 6.45) is 0.791. The van der Waals surface area contributed by atoms with E-state index in [0.717, 1.165) is 23.1 Å². The number of carbonyl (C=O) groups is 2. The number of rotatable bonds is 4. The zero-order valence-electron chi connectivity index (χ0n) is 16.6. The Labute approximate surface area is 175 Å². The van der Waals surface area contributed by atoms with Gasteiger partial charge in [-0.1, -0.05) is 48.0 Å². The molecule has 1 unspecified atom stereocenters. The summed E-state index contributed by atoms with van der Waals surface area (Å²) in [6.45, 7) is 5.24. The first-order valence-electron chi connectivity index (χ1n) is 9.84. The molecule has 3 aromatic rings. The Balaban J connectivity index is 1.44. The topological polar surface area (TPSA) is 49.4 Å². The van der Waals surface area contributed by atoms with Crippen molar-refractivity contribution < 1.29 is 9.59 Å². The molecule has 0 spiro atoms. The van der Waals surface area contributed by atoms with Crippen LogP contribution in [-0.4, -0.2) is 23.3 Å². The lowest BCUT2D eigenvalue weighted by atomic mass is 10.1. The predicted molar refractivity (Wildman–Crippen MR) is 116 cm³/mol. The first kappa shape index (κ1) is 19.4. The number of carbonyl (C=O) groups excluding carboxylic acids is 2. The van der Waals surface area contributed by atoms with Crippen molar-refractivity contribution >= 4 is 23.2 Å². The lowest BCUT2D eigenvalue weighted by Gasteiger charge is -2.27. The average Bonchev–Trinajstić information content (AvgIpc) is 3.18. The van der Waals surface area contributed by atoms with Gasteiger partial charge in [-0.2, -0.15) is 0 Å². The molecule has 4 nitrogen and oxygen atoms in total. The van der Waals surface area contributed by atoms with Crippen LogP contribution in [0.5, 0.6) is 0 Å². The normalized spacial score (nSPS) is 14.2. The standard InChI is InChI=1S/C24H24N2O2S/c1-16-8-10-19(11-9-16)24(28)26-13-12-21-20(15-26)14-22(29-21)23(27)25-17(2)18-6-4-3-5-7-18/h3-11,14,17H,12-13,15H2,1-2H3,(H,25,27). The average molecular weight is 405 g/mol. The van der Waals surface area contributed by atoms with Crippen molar-refractivity contribution in [2.75, 3.05) is 6.54 Å². The Kier molecular flexibility index (Phi) is 5.49. The van der Waals surface area contributed by atoms with Gasteiger partial charge in [0.25, 0.3) is 11.8 Å². The van der Waals surface area contributed by atoms with Gasteiger partial charge in [-0.3, -0.25) is 9.59 Å². The van der Waals surface area contributed by atoms with E-state index in [1.807, 2.05) is 79.4 Å². The van der Waals surface area contributed by atoms with Crippen LogP contribution >= 0.6 is 11.3 Å². The van der Waals surface area contributed by atoms with E-state index in [9.17, 15) is 9.59 Å². The first-order valence-corrected chi connectivity index (χ1v) is 10.7. The Morgan fingerprint density at radius 3 is 2.52 bits per heavy atom. The third-order valence-electron chi connectivity index (χ3n) is 5.32.